The largest absolute Gasteiger partial charge is 0.465 e. The molecular weight excluding hydrogens is 244 g/mol. The van der Waals surface area contributed by atoms with Crippen molar-refractivity contribution in [3.63, 3.8) is 0 Å². The molecule has 17 heavy (non-hydrogen) atoms. The fourth-order valence-corrected chi connectivity index (χ4v) is 1.50. The second kappa shape index (κ2) is 4.97. The van der Waals surface area contributed by atoms with Crippen molar-refractivity contribution in [2.75, 3.05) is 7.11 Å². The SMILES string of the molecule is COC(=O)C(Cl)Oc1cccc2nccnc12. The zero-order valence-electron chi connectivity index (χ0n) is 8.96. The van der Waals surface area contributed by atoms with Crippen LogP contribution in [0.3, 0.4) is 0 Å². The maximum atomic E-state index is 11.1. The van der Waals surface area contributed by atoms with Crippen LogP contribution in [0.15, 0.2) is 30.6 Å². The molecule has 0 amide bonds. The molecule has 2 rings (SSSR count). The molecule has 0 saturated carbocycles. The van der Waals surface area contributed by atoms with E-state index >= 15 is 0 Å². The van der Waals surface area contributed by atoms with Crippen molar-refractivity contribution in [2.45, 2.75) is 5.56 Å². The summed E-state index contributed by atoms with van der Waals surface area (Å²) in [4.78, 5) is 19.4. The topological polar surface area (TPSA) is 61.3 Å². The Kier molecular flexibility index (Phi) is 3.39. The first-order chi connectivity index (χ1) is 8.22. The first kappa shape index (κ1) is 11.6. The van der Waals surface area contributed by atoms with Gasteiger partial charge in [0.2, 0.25) is 0 Å². The Morgan fingerprint density at radius 1 is 1.35 bits per heavy atom. The summed E-state index contributed by atoms with van der Waals surface area (Å²) in [7, 11) is 1.24. The second-order valence-electron chi connectivity index (χ2n) is 3.14. The van der Waals surface area contributed by atoms with Gasteiger partial charge in [0.1, 0.15) is 11.3 Å². The Bertz CT molecular complexity index is 542. The van der Waals surface area contributed by atoms with Crippen LogP contribution in [0.1, 0.15) is 0 Å². The van der Waals surface area contributed by atoms with Crippen molar-refractivity contribution in [3.8, 4) is 5.75 Å². The number of fused-ring (bicyclic) bond motifs is 1. The molecular formula is C11H9ClN2O3. The number of benzene rings is 1. The van der Waals surface area contributed by atoms with Crippen molar-refractivity contribution >= 4 is 28.6 Å². The predicted molar refractivity (Wildman–Crippen MR) is 61.8 cm³/mol. The minimum absolute atomic E-state index is 0.390. The molecule has 0 N–H and O–H groups in total. The van der Waals surface area contributed by atoms with Crippen LogP contribution in [0.5, 0.6) is 5.75 Å². The molecule has 1 aromatic carbocycles. The van der Waals surface area contributed by atoms with Crippen LogP contribution in [-0.4, -0.2) is 28.6 Å². The van der Waals surface area contributed by atoms with E-state index < -0.39 is 11.5 Å². The van der Waals surface area contributed by atoms with Crippen molar-refractivity contribution in [2.24, 2.45) is 0 Å². The van der Waals surface area contributed by atoms with Crippen molar-refractivity contribution in [3.05, 3.63) is 30.6 Å². The lowest BCUT2D eigenvalue weighted by atomic mass is 10.3. The number of halogens is 1. The van der Waals surface area contributed by atoms with Crippen molar-refractivity contribution in [1.82, 2.24) is 9.97 Å². The number of methoxy groups -OCH3 is 1. The van der Waals surface area contributed by atoms with Gasteiger partial charge in [-0.3, -0.25) is 4.98 Å². The Morgan fingerprint density at radius 2 is 2.12 bits per heavy atom. The Hall–Kier alpha value is -1.88. The standard InChI is InChI=1S/C11H9ClN2O3/c1-16-11(15)10(12)17-8-4-2-3-7-9(8)14-6-5-13-7/h2-6,10H,1H3. The smallest absolute Gasteiger partial charge is 0.363 e. The Labute approximate surface area is 102 Å². The van der Waals surface area contributed by atoms with E-state index in [-0.39, 0.29) is 0 Å². The average molecular weight is 253 g/mol. The number of para-hydroxylation sites is 1. The molecule has 1 aromatic heterocycles. The lowest BCUT2D eigenvalue weighted by molar-refractivity contribution is -0.144. The molecule has 2 aromatic rings. The van der Waals surface area contributed by atoms with E-state index in [9.17, 15) is 4.79 Å². The van der Waals surface area contributed by atoms with Gasteiger partial charge >= 0.3 is 5.97 Å². The maximum absolute atomic E-state index is 11.1. The van der Waals surface area contributed by atoms with Crippen LogP contribution >= 0.6 is 11.6 Å². The lowest BCUT2D eigenvalue weighted by Gasteiger charge is -2.11. The van der Waals surface area contributed by atoms with Gasteiger partial charge in [0, 0.05) is 12.4 Å². The minimum Gasteiger partial charge on any atom is -0.465 e. The van der Waals surface area contributed by atoms with Crippen LogP contribution < -0.4 is 4.74 Å². The van der Waals surface area contributed by atoms with Gasteiger partial charge in [0.25, 0.3) is 5.56 Å². The lowest BCUT2D eigenvalue weighted by Crippen LogP contribution is -2.22. The molecule has 0 aliphatic rings. The molecule has 0 saturated heterocycles. The Morgan fingerprint density at radius 3 is 2.88 bits per heavy atom. The number of esters is 1. The molecule has 1 heterocycles. The van der Waals surface area contributed by atoms with E-state index in [0.717, 1.165) is 0 Å². The molecule has 0 aliphatic carbocycles. The molecule has 1 atom stereocenters. The van der Waals surface area contributed by atoms with E-state index in [4.69, 9.17) is 16.3 Å². The van der Waals surface area contributed by atoms with Crippen LogP contribution in [0, 0.1) is 0 Å². The monoisotopic (exact) mass is 252 g/mol. The van der Waals surface area contributed by atoms with Crippen LogP contribution in [0.25, 0.3) is 11.0 Å². The fourth-order valence-electron chi connectivity index (χ4n) is 1.31. The minimum atomic E-state index is -1.20. The molecule has 0 spiro atoms. The number of carbonyl (C=O) groups is 1. The summed E-state index contributed by atoms with van der Waals surface area (Å²) in [5.74, 6) is -0.270. The van der Waals surface area contributed by atoms with E-state index in [2.05, 4.69) is 14.7 Å². The van der Waals surface area contributed by atoms with Crippen LogP contribution in [0.2, 0.25) is 0 Å². The Balaban J connectivity index is 2.33. The summed E-state index contributed by atoms with van der Waals surface area (Å²) >= 11 is 5.72. The summed E-state index contributed by atoms with van der Waals surface area (Å²) in [6.07, 6.45) is 3.11. The third-order valence-corrected chi connectivity index (χ3v) is 2.35. The molecule has 0 aliphatic heterocycles. The number of ether oxygens (including phenoxy) is 2. The number of carbonyl (C=O) groups excluding carboxylic acids is 1. The molecule has 0 fully saturated rings. The second-order valence-corrected chi connectivity index (χ2v) is 3.53. The summed E-state index contributed by atoms with van der Waals surface area (Å²) in [5.41, 5.74) is 0.0101. The van der Waals surface area contributed by atoms with Crippen LogP contribution in [0.4, 0.5) is 0 Å². The van der Waals surface area contributed by atoms with E-state index in [1.54, 1.807) is 24.4 Å². The number of alkyl halides is 1. The average Bonchev–Trinajstić information content (AvgIpc) is 2.38. The summed E-state index contributed by atoms with van der Waals surface area (Å²) in [6.45, 7) is 0. The molecule has 6 heteroatoms. The number of hydrogen-bond donors (Lipinski definition) is 0. The molecule has 0 bridgehead atoms. The fraction of sp³-hybridized carbons (Fsp3) is 0.182. The quantitative estimate of drug-likeness (QED) is 0.615. The van der Waals surface area contributed by atoms with Crippen molar-refractivity contribution < 1.29 is 14.3 Å². The van der Waals surface area contributed by atoms with Gasteiger partial charge in [0.15, 0.2) is 0 Å². The van der Waals surface area contributed by atoms with E-state index in [1.807, 2.05) is 0 Å². The van der Waals surface area contributed by atoms with Crippen molar-refractivity contribution in [1.29, 1.82) is 0 Å². The predicted octanol–water partition coefficient (Wildman–Crippen LogP) is 1.75. The van der Waals surface area contributed by atoms with Gasteiger partial charge < -0.3 is 9.47 Å². The summed E-state index contributed by atoms with van der Waals surface area (Å²) < 4.78 is 9.73. The highest BCUT2D eigenvalue weighted by Gasteiger charge is 2.18. The summed E-state index contributed by atoms with van der Waals surface area (Å²) in [6, 6.07) is 5.19. The highest BCUT2D eigenvalue weighted by Crippen LogP contribution is 2.23. The number of nitrogens with zero attached hydrogens (tertiary/aromatic N) is 2. The van der Waals surface area contributed by atoms with Gasteiger partial charge in [-0.1, -0.05) is 17.7 Å². The number of rotatable bonds is 3. The number of aromatic nitrogens is 2. The van der Waals surface area contributed by atoms with Gasteiger partial charge in [0.05, 0.1) is 12.6 Å². The molecule has 0 radical (unpaired) electrons. The van der Waals surface area contributed by atoms with Gasteiger partial charge in [-0.05, 0) is 12.1 Å². The third-order valence-electron chi connectivity index (χ3n) is 2.08. The van der Waals surface area contributed by atoms with Gasteiger partial charge in [-0.15, -0.1) is 0 Å². The molecule has 1 unspecified atom stereocenters. The normalized spacial score (nSPS) is 12.1. The first-order valence-electron chi connectivity index (χ1n) is 4.80. The van der Waals surface area contributed by atoms with Gasteiger partial charge in [-0.2, -0.15) is 0 Å². The number of hydrogen-bond acceptors (Lipinski definition) is 5. The maximum Gasteiger partial charge on any atom is 0.363 e. The highest BCUT2D eigenvalue weighted by molar-refractivity contribution is 6.29. The van der Waals surface area contributed by atoms with Gasteiger partial charge in [-0.25, -0.2) is 9.78 Å². The zero-order valence-corrected chi connectivity index (χ0v) is 9.72. The highest BCUT2D eigenvalue weighted by atomic mass is 35.5. The van der Waals surface area contributed by atoms with E-state index in [1.165, 1.54) is 13.3 Å². The van der Waals surface area contributed by atoms with E-state index in [0.29, 0.717) is 16.8 Å². The molecule has 88 valence electrons. The summed E-state index contributed by atoms with van der Waals surface area (Å²) in [5, 5.41) is 0. The third kappa shape index (κ3) is 2.45. The molecule has 5 nitrogen and oxygen atoms in total. The van der Waals surface area contributed by atoms with Crippen LogP contribution in [-0.2, 0) is 9.53 Å². The zero-order chi connectivity index (χ0) is 12.3. The first-order valence-corrected chi connectivity index (χ1v) is 5.24.